The molecule has 1 saturated carbocycles. The van der Waals surface area contributed by atoms with Gasteiger partial charge in [-0.1, -0.05) is 37.6 Å². The number of aryl methyl sites for hydroxylation is 1. The van der Waals surface area contributed by atoms with Gasteiger partial charge in [0.1, 0.15) is 5.75 Å². The highest BCUT2D eigenvalue weighted by molar-refractivity contribution is 7.90. The van der Waals surface area contributed by atoms with Crippen molar-refractivity contribution in [3.8, 4) is 5.75 Å². The van der Waals surface area contributed by atoms with E-state index in [-0.39, 0.29) is 46.2 Å². The Balaban J connectivity index is 1.42. The third kappa shape index (κ3) is 5.53. The molecule has 1 N–H and O–H groups in total. The maximum atomic E-state index is 13.3. The number of anilines is 1. The summed E-state index contributed by atoms with van der Waals surface area (Å²) in [6.45, 7) is 5.53. The molecule has 218 valence electrons. The van der Waals surface area contributed by atoms with Crippen LogP contribution in [0.25, 0.3) is 0 Å². The normalized spacial score (nSPS) is 32.0. The number of ketones is 1. The Kier molecular flexibility index (Phi) is 7.43. The Morgan fingerprint density at radius 1 is 1.10 bits per heavy atom. The summed E-state index contributed by atoms with van der Waals surface area (Å²) in [6, 6.07) is 11.3. The molecule has 2 bridgehead atoms. The van der Waals surface area contributed by atoms with Crippen LogP contribution in [0.3, 0.4) is 0 Å². The van der Waals surface area contributed by atoms with Crippen molar-refractivity contribution >= 4 is 39.0 Å². The highest BCUT2D eigenvalue weighted by Gasteiger charge is 2.44. The average Bonchev–Trinajstić information content (AvgIpc) is 3.05. The van der Waals surface area contributed by atoms with E-state index in [1.165, 1.54) is 11.1 Å². The highest BCUT2D eigenvalue weighted by Crippen LogP contribution is 2.46. The Labute approximate surface area is 247 Å². The zero-order valence-corrected chi connectivity index (χ0v) is 25.1. The maximum absolute atomic E-state index is 13.3. The number of nitrogens with zero attached hydrogens (tertiary/aromatic N) is 1. The minimum atomic E-state index is -3.89. The summed E-state index contributed by atoms with van der Waals surface area (Å²) in [5.74, 6) is -0.385. The van der Waals surface area contributed by atoms with Crippen molar-refractivity contribution in [2.75, 3.05) is 30.3 Å². The van der Waals surface area contributed by atoms with Gasteiger partial charge >= 0.3 is 0 Å². The average molecular weight is 597 g/mol. The van der Waals surface area contributed by atoms with Gasteiger partial charge in [-0.2, -0.15) is 0 Å². The molecule has 0 unspecified atom stereocenters. The van der Waals surface area contributed by atoms with Gasteiger partial charge in [-0.3, -0.25) is 9.59 Å². The number of halogens is 1. The van der Waals surface area contributed by atoms with E-state index in [2.05, 4.69) is 21.8 Å². The smallest absolute Gasteiger partial charge is 0.264 e. The molecular weight excluding hydrogens is 560 g/mol. The van der Waals surface area contributed by atoms with E-state index in [1.807, 2.05) is 26.0 Å². The molecule has 2 aliphatic heterocycles. The molecule has 1 amide bonds. The summed E-state index contributed by atoms with van der Waals surface area (Å²) in [6.07, 6.45) is 8.20. The molecule has 7 nitrogen and oxygen atoms in total. The molecule has 2 aliphatic carbocycles. The molecule has 2 aromatic rings. The number of nitrogens with one attached hydrogen (secondary N) is 1. The van der Waals surface area contributed by atoms with E-state index < -0.39 is 15.9 Å². The van der Waals surface area contributed by atoms with Crippen LogP contribution in [0.15, 0.2) is 48.6 Å². The SMILES string of the molecule is C[C@@H]1/C=C\C(=O)[C@@H]2CC[C@H]2CN2C[C@@]3(CCCc4cc(Cl)ccc43)COc3ccc(cc32)C(=O)NS(=O)(=O)C[C@@H]1C. The van der Waals surface area contributed by atoms with E-state index in [9.17, 15) is 18.0 Å². The predicted octanol–water partition coefficient (Wildman–Crippen LogP) is 5.31. The summed E-state index contributed by atoms with van der Waals surface area (Å²) in [4.78, 5) is 28.8. The van der Waals surface area contributed by atoms with Crippen molar-refractivity contribution in [1.82, 2.24) is 4.72 Å². The third-order valence-corrected chi connectivity index (χ3v) is 11.4. The van der Waals surface area contributed by atoms with Crippen molar-refractivity contribution in [1.29, 1.82) is 0 Å². The quantitative estimate of drug-likeness (QED) is 0.443. The lowest BCUT2D eigenvalue weighted by Gasteiger charge is -2.44. The fraction of sp³-hybridized carbons (Fsp3) is 0.500. The number of sulfonamides is 1. The van der Waals surface area contributed by atoms with Crippen molar-refractivity contribution in [2.24, 2.45) is 23.7 Å². The molecule has 2 heterocycles. The number of rotatable bonds is 0. The summed E-state index contributed by atoms with van der Waals surface area (Å²) in [5.41, 5.74) is 3.23. The number of benzene rings is 2. The standard InChI is InChI=1S/C32H37ClN2O5S/c1-20-5-11-29(36)26-9-6-24(26)16-35-18-32(13-3-4-22-14-25(33)8-10-27(22)32)19-40-30-12-7-23(15-28(30)35)31(37)34-41(38,39)17-21(20)2/h5,7-8,10-12,14-15,20-21,24,26H,3-4,6,9,13,16-19H2,1-2H3,(H,34,37)/b11-5-/t20-,21+,24+,26-,32+/m1/s1. The lowest BCUT2D eigenvalue weighted by molar-refractivity contribution is -0.122. The Morgan fingerprint density at radius 2 is 1.93 bits per heavy atom. The van der Waals surface area contributed by atoms with Crippen LogP contribution in [0.4, 0.5) is 5.69 Å². The van der Waals surface area contributed by atoms with Crippen molar-refractivity contribution in [2.45, 2.75) is 51.4 Å². The van der Waals surface area contributed by atoms with E-state index in [0.717, 1.165) is 42.8 Å². The molecular formula is C32H37ClN2O5S. The zero-order chi connectivity index (χ0) is 28.9. The number of carbonyl (C=O) groups excluding carboxylic acids is 2. The summed E-state index contributed by atoms with van der Waals surface area (Å²) < 4.78 is 34.6. The first-order valence-electron chi connectivity index (χ1n) is 14.6. The fourth-order valence-electron chi connectivity index (χ4n) is 7.00. The van der Waals surface area contributed by atoms with Crippen molar-refractivity contribution in [3.05, 3.63) is 70.3 Å². The number of fused-ring (bicyclic) bond motifs is 4. The second-order valence-corrected chi connectivity index (χ2v) is 14.7. The second kappa shape index (κ2) is 10.8. The molecule has 1 spiro atoms. The van der Waals surface area contributed by atoms with Gasteiger partial charge in [-0.05, 0) is 97.4 Å². The molecule has 4 aliphatic rings. The zero-order valence-electron chi connectivity index (χ0n) is 23.6. The number of carbonyl (C=O) groups is 2. The summed E-state index contributed by atoms with van der Waals surface area (Å²) in [7, 11) is -3.89. The molecule has 41 heavy (non-hydrogen) atoms. The first-order valence-corrected chi connectivity index (χ1v) is 16.6. The van der Waals surface area contributed by atoms with E-state index >= 15 is 0 Å². The summed E-state index contributed by atoms with van der Waals surface area (Å²) >= 11 is 6.37. The van der Waals surface area contributed by atoms with Crippen LogP contribution < -0.4 is 14.4 Å². The number of allylic oxidation sites excluding steroid dienone is 2. The number of hydrogen-bond acceptors (Lipinski definition) is 6. The fourth-order valence-corrected chi connectivity index (χ4v) is 8.67. The van der Waals surface area contributed by atoms with Crippen LogP contribution >= 0.6 is 11.6 Å². The molecule has 2 aromatic carbocycles. The Bertz CT molecular complexity index is 1520. The molecule has 5 atom stereocenters. The van der Waals surface area contributed by atoms with Crippen LogP contribution in [0.5, 0.6) is 5.75 Å². The van der Waals surface area contributed by atoms with Gasteiger partial charge in [-0.15, -0.1) is 0 Å². The summed E-state index contributed by atoms with van der Waals surface area (Å²) in [5, 5.41) is 0.724. The maximum Gasteiger partial charge on any atom is 0.264 e. The van der Waals surface area contributed by atoms with Crippen molar-refractivity contribution in [3.63, 3.8) is 0 Å². The Hall–Kier alpha value is -2.84. The molecule has 0 aromatic heterocycles. The lowest BCUT2D eigenvalue weighted by atomic mass is 9.68. The molecule has 0 saturated heterocycles. The number of hydrogen-bond donors (Lipinski definition) is 1. The van der Waals surface area contributed by atoms with Gasteiger partial charge < -0.3 is 9.64 Å². The second-order valence-electron chi connectivity index (χ2n) is 12.5. The van der Waals surface area contributed by atoms with Crippen LogP contribution in [-0.2, 0) is 26.7 Å². The molecule has 1 fully saturated rings. The minimum absolute atomic E-state index is 0.0714. The van der Waals surface area contributed by atoms with Gasteiger partial charge in [-0.25, -0.2) is 13.1 Å². The third-order valence-electron chi connectivity index (χ3n) is 9.73. The topological polar surface area (TPSA) is 92.8 Å². The van der Waals surface area contributed by atoms with E-state index in [4.69, 9.17) is 16.3 Å². The molecule has 9 heteroatoms. The molecule has 0 radical (unpaired) electrons. The van der Waals surface area contributed by atoms with Crippen LogP contribution in [0, 0.1) is 23.7 Å². The van der Waals surface area contributed by atoms with Crippen LogP contribution in [-0.4, -0.2) is 45.6 Å². The van der Waals surface area contributed by atoms with Gasteiger partial charge in [0, 0.05) is 35.0 Å². The largest absolute Gasteiger partial charge is 0.490 e. The van der Waals surface area contributed by atoms with E-state index in [1.54, 1.807) is 24.3 Å². The van der Waals surface area contributed by atoms with E-state index in [0.29, 0.717) is 25.4 Å². The van der Waals surface area contributed by atoms with Gasteiger partial charge in [0.05, 0.1) is 18.0 Å². The van der Waals surface area contributed by atoms with Gasteiger partial charge in [0.2, 0.25) is 10.0 Å². The highest BCUT2D eigenvalue weighted by atomic mass is 35.5. The predicted molar refractivity (Wildman–Crippen MR) is 160 cm³/mol. The first-order chi connectivity index (χ1) is 19.5. The van der Waals surface area contributed by atoms with Gasteiger partial charge in [0.15, 0.2) is 5.78 Å². The lowest BCUT2D eigenvalue weighted by Crippen LogP contribution is -2.49. The Morgan fingerprint density at radius 3 is 2.71 bits per heavy atom. The van der Waals surface area contributed by atoms with Crippen molar-refractivity contribution < 1.29 is 22.7 Å². The van der Waals surface area contributed by atoms with Gasteiger partial charge in [0.25, 0.3) is 5.91 Å². The number of ether oxygens (including phenoxy) is 1. The minimum Gasteiger partial charge on any atom is -0.490 e. The van der Waals surface area contributed by atoms with Crippen LogP contribution in [0.1, 0.15) is 61.0 Å². The molecule has 6 rings (SSSR count). The first kappa shape index (κ1) is 28.3. The monoisotopic (exact) mass is 596 g/mol. The number of amides is 1. The van der Waals surface area contributed by atoms with Crippen LogP contribution in [0.2, 0.25) is 5.02 Å².